The molecule has 2 heterocycles. The van der Waals surface area contributed by atoms with Crippen molar-refractivity contribution in [2.45, 2.75) is 6.04 Å². The van der Waals surface area contributed by atoms with Crippen LogP contribution in [0.2, 0.25) is 5.15 Å². The molecule has 0 bridgehead atoms. The van der Waals surface area contributed by atoms with Crippen molar-refractivity contribution in [3.63, 3.8) is 0 Å². The van der Waals surface area contributed by atoms with Crippen LogP contribution in [-0.4, -0.2) is 16.6 Å². The van der Waals surface area contributed by atoms with Crippen LogP contribution in [0.25, 0.3) is 0 Å². The van der Waals surface area contributed by atoms with Crippen LogP contribution < -0.4 is 10.1 Å². The number of nitrogens with one attached hydrogen (secondary N) is 1. The SMILES string of the molecule is Clc1nccnc1NC1COc2ccccc21. The Morgan fingerprint density at radius 1 is 1.24 bits per heavy atom. The number of ether oxygens (including phenoxy) is 1. The molecule has 5 heteroatoms. The number of aromatic nitrogens is 2. The Kier molecular flexibility index (Phi) is 2.57. The van der Waals surface area contributed by atoms with Crippen LogP contribution in [-0.2, 0) is 0 Å². The lowest BCUT2D eigenvalue weighted by Gasteiger charge is -2.12. The molecular weight excluding hydrogens is 238 g/mol. The Morgan fingerprint density at radius 3 is 2.94 bits per heavy atom. The standard InChI is InChI=1S/C12H10ClN3O/c13-11-12(15-6-5-14-11)16-9-7-17-10-4-2-1-3-8(9)10/h1-6,9H,7H2,(H,15,16). The predicted molar refractivity (Wildman–Crippen MR) is 65.3 cm³/mol. The molecule has 0 amide bonds. The Balaban J connectivity index is 1.87. The molecule has 1 aromatic heterocycles. The Bertz CT molecular complexity index is 547. The maximum atomic E-state index is 5.95. The highest BCUT2D eigenvalue weighted by Crippen LogP contribution is 2.34. The van der Waals surface area contributed by atoms with Crippen molar-refractivity contribution in [2.24, 2.45) is 0 Å². The topological polar surface area (TPSA) is 47.0 Å². The molecule has 0 radical (unpaired) electrons. The van der Waals surface area contributed by atoms with Gasteiger partial charge in [-0.2, -0.15) is 0 Å². The summed E-state index contributed by atoms with van der Waals surface area (Å²) in [6, 6.07) is 8.00. The Hall–Kier alpha value is -1.81. The molecule has 0 saturated heterocycles. The summed E-state index contributed by atoms with van der Waals surface area (Å²) >= 11 is 5.95. The molecule has 1 atom stereocenters. The second-order valence-corrected chi connectivity index (χ2v) is 4.10. The zero-order valence-corrected chi connectivity index (χ0v) is 9.69. The van der Waals surface area contributed by atoms with Gasteiger partial charge < -0.3 is 10.1 Å². The van der Waals surface area contributed by atoms with Crippen molar-refractivity contribution >= 4 is 17.4 Å². The fourth-order valence-electron chi connectivity index (χ4n) is 1.87. The van der Waals surface area contributed by atoms with E-state index in [9.17, 15) is 0 Å². The number of anilines is 1. The minimum absolute atomic E-state index is 0.0698. The number of nitrogens with zero attached hydrogens (tertiary/aromatic N) is 2. The van der Waals surface area contributed by atoms with E-state index < -0.39 is 0 Å². The molecule has 17 heavy (non-hydrogen) atoms. The van der Waals surface area contributed by atoms with Gasteiger partial charge in [-0.05, 0) is 6.07 Å². The zero-order chi connectivity index (χ0) is 11.7. The van der Waals surface area contributed by atoms with Crippen LogP contribution in [0.5, 0.6) is 5.75 Å². The fraction of sp³-hybridized carbons (Fsp3) is 0.167. The molecule has 86 valence electrons. The van der Waals surface area contributed by atoms with E-state index >= 15 is 0 Å². The number of halogens is 1. The average Bonchev–Trinajstić information content (AvgIpc) is 2.76. The molecule has 1 aliphatic rings. The minimum atomic E-state index is 0.0698. The number of benzene rings is 1. The van der Waals surface area contributed by atoms with Gasteiger partial charge in [0, 0.05) is 18.0 Å². The first kappa shape index (κ1) is 10.4. The van der Waals surface area contributed by atoms with Crippen LogP contribution in [0.1, 0.15) is 11.6 Å². The summed E-state index contributed by atoms with van der Waals surface area (Å²) in [5.74, 6) is 1.49. The number of rotatable bonds is 2. The van der Waals surface area contributed by atoms with Crippen molar-refractivity contribution in [1.29, 1.82) is 0 Å². The van der Waals surface area contributed by atoms with Gasteiger partial charge in [-0.1, -0.05) is 29.8 Å². The van der Waals surface area contributed by atoms with Crippen LogP contribution in [0.4, 0.5) is 5.82 Å². The van der Waals surface area contributed by atoms with Gasteiger partial charge in [0.25, 0.3) is 0 Å². The first-order chi connectivity index (χ1) is 8.34. The summed E-state index contributed by atoms with van der Waals surface area (Å²) in [6.45, 7) is 0.576. The minimum Gasteiger partial charge on any atom is -0.491 e. The number of hydrogen-bond donors (Lipinski definition) is 1. The molecular formula is C12H10ClN3O. The maximum Gasteiger partial charge on any atom is 0.171 e. The number of hydrogen-bond acceptors (Lipinski definition) is 4. The molecule has 3 rings (SSSR count). The van der Waals surface area contributed by atoms with E-state index in [0.29, 0.717) is 17.6 Å². The first-order valence-electron chi connectivity index (χ1n) is 5.29. The second kappa shape index (κ2) is 4.22. The van der Waals surface area contributed by atoms with Gasteiger partial charge in [0.05, 0.1) is 6.04 Å². The highest BCUT2D eigenvalue weighted by Gasteiger charge is 2.24. The largest absolute Gasteiger partial charge is 0.491 e. The van der Waals surface area contributed by atoms with E-state index in [2.05, 4.69) is 15.3 Å². The maximum absolute atomic E-state index is 5.95. The quantitative estimate of drug-likeness (QED) is 0.886. The van der Waals surface area contributed by atoms with Crippen LogP contribution >= 0.6 is 11.6 Å². The van der Waals surface area contributed by atoms with Crippen molar-refractivity contribution in [1.82, 2.24) is 9.97 Å². The van der Waals surface area contributed by atoms with Crippen LogP contribution in [0.15, 0.2) is 36.7 Å². The highest BCUT2D eigenvalue weighted by molar-refractivity contribution is 6.31. The molecule has 0 saturated carbocycles. The van der Waals surface area contributed by atoms with Crippen molar-refractivity contribution in [3.05, 3.63) is 47.4 Å². The molecule has 2 aromatic rings. The molecule has 1 aliphatic heterocycles. The lowest BCUT2D eigenvalue weighted by molar-refractivity contribution is 0.339. The molecule has 0 spiro atoms. The van der Waals surface area contributed by atoms with E-state index in [1.54, 1.807) is 12.4 Å². The van der Waals surface area contributed by atoms with Gasteiger partial charge >= 0.3 is 0 Å². The van der Waals surface area contributed by atoms with Crippen molar-refractivity contribution < 1.29 is 4.74 Å². The fourth-order valence-corrected chi connectivity index (χ4v) is 2.02. The summed E-state index contributed by atoms with van der Waals surface area (Å²) in [6.07, 6.45) is 3.17. The smallest absolute Gasteiger partial charge is 0.171 e. The van der Waals surface area contributed by atoms with E-state index in [-0.39, 0.29) is 6.04 Å². The summed E-state index contributed by atoms with van der Waals surface area (Å²) in [5, 5.41) is 3.61. The molecule has 0 aliphatic carbocycles. The van der Waals surface area contributed by atoms with Gasteiger partial charge in [0.15, 0.2) is 11.0 Å². The summed E-state index contributed by atoms with van der Waals surface area (Å²) in [7, 11) is 0. The highest BCUT2D eigenvalue weighted by atomic mass is 35.5. The summed E-state index contributed by atoms with van der Waals surface area (Å²) < 4.78 is 5.57. The van der Waals surface area contributed by atoms with Gasteiger partial charge in [-0.3, -0.25) is 0 Å². The zero-order valence-electron chi connectivity index (χ0n) is 8.93. The molecule has 0 fully saturated rings. The Morgan fingerprint density at radius 2 is 2.06 bits per heavy atom. The van der Waals surface area contributed by atoms with Gasteiger partial charge in [-0.15, -0.1) is 0 Å². The van der Waals surface area contributed by atoms with E-state index in [1.807, 2.05) is 24.3 Å². The molecule has 1 N–H and O–H groups in total. The lowest BCUT2D eigenvalue weighted by Crippen LogP contribution is -2.13. The van der Waals surface area contributed by atoms with Gasteiger partial charge in [0.2, 0.25) is 0 Å². The van der Waals surface area contributed by atoms with Crippen LogP contribution in [0, 0.1) is 0 Å². The van der Waals surface area contributed by atoms with Gasteiger partial charge in [-0.25, -0.2) is 9.97 Å². The van der Waals surface area contributed by atoms with E-state index in [0.717, 1.165) is 11.3 Å². The molecule has 1 aromatic carbocycles. The molecule has 4 nitrogen and oxygen atoms in total. The second-order valence-electron chi connectivity index (χ2n) is 3.74. The monoisotopic (exact) mass is 247 g/mol. The molecule has 1 unspecified atom stereocenters. The van der Waals surface area contributed by atoms with E-state index in [1.165, 1.54) is 0 Å². The third-order valence-corrected chi connectivity index (χ3v) is 2.94. The normalized spacial score (nSPS) is 17.4. The number of fused-ring (bicyclic) bond motifs is 1. The van der Waals surface area contributed by atoms with Gasteiger partial charge in [0.1, 0.15) is 12.4 Å². The van der Waals surface area contributed by atoms with Crippen LogP contribution in [0.3, 0.4) is 0 Å². The summed E-state index contributed by atoms with van der Waals surface area (Å²) in [4.78, 5) is 8.13. The first-order valence-corrected chi connectivity index (χ1v) is 5.67. The predicted octanol–water partition coefficient (Wildman–Crippen LogP) is 2.68. The van der Waals surface area contributed by atoms with Crippen molar-refractivity contribution in [3.8, 4) is 5.75 Å². The third kappa shape index (κ3) is 1.91. The average molecular weight is 248 g/mol. The van der Waals surface area contributed by atoms with Crippen molar-refractivity contribution in [2.75, 3.05) is 11.9 Å². The lowest BCUT2D eigenvalue weighted by atomic mass is 10.1. The van der Waals surface area contributed by atoms with E-state index in [4.69, 9.17) is 16.3 Å². The third-order valence-electron chi connectivity index (χ3n) is 2.66. The summed E-state index contributed by atoms with van der Waals surface area (Å²) in [5.41, 5.74) is 1.12. The number of para-hydroxylation sites is 1. The Labute approximate surface area is 104 Å².